The molecule has 1 rings (SSSR count). The fourth-order valence-corrected chi connectivity index (χ4v) is 1.32. The van der Waals surface area contributed by atoms with Crippen molar-refractivity contribution in [2.75, 3.05) is 21.0 Å². The van der Waals surface area contributed by atoms with E-state index in [0.717, 1.165) is 5.56 Å². The Bertz CT molecular complexity index is 385. The van der Waals surface area contributed by atoms with Crippen LogP contribution in [0.4, 0.5) is 0 Å². The molecule has 0 radical (unpaired) electrons. The van der Waals surface area contributed by atoms with Crippen molar-refractivity contribution >= 4 is 17.3 Å². The molecule has 0 heterocycles. The fraction of sp³-hybridized carbons (Fsp3) is 0.364. The molecule has 0 fully saturated rings. The molecule has 0 aromatic heterocycles. The van der Waals surface area contributed by atoms with E-state index in [2.05, 4.69) is 5.32 Å². The van der Waals surface area contributed by atoms with Crippen LogP contribution in [0.2, 0.25) is 0 Å². The standard InChI is InChI=1S/C11H16N2O3S/c1-14-7-16-9-4-3-8(5-10(9)15-2)6-13-11(12)17/h3-5H,6-7H2,1-2H3,(H3,12,13,17). The Kier molecular flexibility index (Phi) is 5.51. The van der Waals surface area contributed by atoms with Gasteiger partial charge in [0.25, 0.3) is 0 Å². The Morgan fingerprint density at radius 3 is 2.71 bits per heavy atom. The maximum absolute atomic E-state index is 5.35. The number of nitrogens with two attached hydrogens (primary N) is 1. The lowest BCUT2D eigenvalue weighted by atomic mass is 10.2. The van der Waals surface area contributed by atoms with Gasteiger partial charge in [-0.05, 0) is 29.9 Å². The average molecular weight is 256 g/mol. The van der Waals surface area contributed by atoms with E-state index in [1.165, 1.54) is 0 Å². The maximum atomic E-state index is 5.35. The molecule has 0 aliphatic carbocycles. The number of nitrogens with one attached hydrogen (secondary N) is 1. The van der Waals surface area contributed by atoms with Crippen LogP contribution in [0.1, 0.15) is 5.56 Å². The van der Waals surface area contributed by atoms with Crippen molar-refractivity contribution < 1.29 is 14.2 Å². The van der Waals surface area contributed by atoms with E-state index in [4.69, 9.17) is 32.2 Å². The highest BCUT2D eigenvalue weighted by molar-refractivity contribution is 7.80. The van der Waals surface area contributed by atoms with Gasteiger partial charge in [0.1, 0.15) is 0 Å². The van der Waals surface area contributed by atoms with Crippen molar-refractivity contribution in [2.24, 2.45) is 5.73 Å². The minimum absolute atomic E-state index is 0.181. The Morgan fingerprint density at radius 1 is 1.35 bits per heavy atom. The third kappa shape index (κ3) is 4.46. The van der Waals surface area contributed by atoms with Gasteiger partial charge in [-0.1, -0.05) is 6.07 Å². The summed E-state index contributed by atoms with van der Waals surface area (Å²) >= 11 is 4.73. The van der Waals surface area contributed by atoms with Crippen LogP contribution in [0.5, 0.6) is 11.5 Å². The molecule has 3 N–H and O–H groups in total. The second-order valence-corrected chi connectivity index (χ2v) is 3.69. The monoisotopic (exact) mass is 256 g/mol. The summed E-state index contributed by atoms with van der Waals surface area (Å²) in [6.45, 7) is 0.733. The van der Waals surface area contributed by atoms with Crippen LogP contribution < -0.4 is 20.5 Å². The van der Waals surface area contributed by atoms with Crippen LogP contribution in [-0.2, 0) is 11.3 Å². The molecule has 6 heteroatoms. The molecule has 0 saturated carbocycles. The lowest BCUT2D eigenvalue weighted by molar-refractivity contribution is 0.0491. The highest BCUT2D eigenvalue weighted by atomic mass is 32.1. The van der Waals surface area contributed by atoms with E-state index in [9.17, 15) is 0 Å². The normalized spacial score (nSPS) is 9.76. The van der Waals surface area contributed by atoms with Crippen molar-refractivity contribution in [3.63, 3.8) is 0 Å². The molecule has 5 nitrogen and oxygen atoms in total. The third-order valence-electron chi connectivity index (χ3n) is 2.03. The molecule has 0 aliphatic rings. The number of ether oxygens (including phenoxy) is 3. The second-order valence-electron chi connectivity index (χ2n) is 3.25. The minimum atomic E-state index is 0.181. The van der Waals surface area contributed by atoms with Crippen molar-refractivity contribution in [3.05, 3.63) is 23.8 Å². The molecule has 0 aliphatic heterocycles. The highest BCUT2D eigenvalue weighted by Crippen LogP contribution is 2.27. The molecule has 0 bridgehead atoms. The summed E-state index contributed by atoms with van der Waals surface area (Å²) in [5, 5.41) is 3.13. The summed E-state index contributed by atoms with van der Waals surface area (Å²) in [5.74, 6) is 1.28. The van der Waals surface area contributed by atoms with E-state index in [-0.39, 0.29) is 11.9 Å². The van der Waals surface area contributed by atoms with Crippen LogP contribution in [-0.4, -0.2) is 26.1 Å². The number of benzene rings is 1. The Morgan fingerprint density at radius 2 is 2.12 bits per heavy atom. The van der Waals surface area contributed by atoms with Gasteiger partial charge in [0.15, 0.2) is 23.4 Å². The summed E-state index contributed by atoms with van der Waals surface area (Å²) in [6.07, 6.45) is 0. The summed E-state index contributed by atoms with van der Waals surface area (Å²) < 4.78 is 15.4. The number of hydrogen-bond acceptors (Lipinski definition) is 4. The third-order valence-corrected chi connectivity index (χ3v) is 2.17. The van der Waals surface area contributed by atoms with Crippen molar-refractivity contribution in [3.8, 4) is 11.5 Å². The first-order valence-corrected chi connectivity index (χ1v) is 5.40. The maximum Gasteiger partial charge on any atom is 0.188 e. The number of methoxy groups -OCH3 is 2. The lowest BCUT2D eigenvalue weighted by Gasteiger charge is -2.11. The first-order valence-electron chi connectivity index (χ1n) is 4.99. The van der Waals surface area contributed by atoms with E-state index in [1.54, 1.807) is 14.2 Å². The highest BCUT2D eigenvalue weighted by Gasteiger charge is 2.05. The Labute approximate surface area is 106 Å². The van der Waals surface area contributed by atoms with E-state index in [0.29, 0.717) is 18.0 Å². The topological polar surface area (TPSA) is 65.7 Å². The van der Waals surface area contributed by atoms with E-state index in [1.807, 2.05) is 18.2 Å². The van der Waals surface area contributed by atoms with Crippen LogP contribution in [0.25, 0.3) is 0 Å². The molecular formula is C11H16N2O3S. The Balaban J connectivity index is 2.73. The predicted molar refractivity (Wildman–Crippen MR) is 69.1 cm³/mol. The van der Waals surface area contributed by atoms with Gasteiger partial charge in [0, 0.05) is 13.7 Å². The lowest BCUT2D eigenvalue weighted by Crippen LogP contribution is -2.28. The van der Waals surface area contributed by atoms with Crippen LogP contribution in [0, 0.1) is 0 Å². The molecule has 1 aromatic carbocycles. The quantitative estimate of drug-likeness (QED) is 0.585. The zero-order valence-corrected chi connectivity index (χ0v) is 10.7. The van der Waals surface area contributed by atoms with E-state index >= 15 is 0 Å². The van der Waals surface area contributed by atoms with Gasteiger partial charge in [0.2, 0.25) is 0 Å². The van der Waals surface area contributed by atoms with Gasteiger partial charge in [0.05, 0.1) is 7.11 Å². The Hall–Kier alpha value is -1.53. The summed E-state index contributed by atoms with van der Waals surface area (Å²) in [6, 6.07) is 5.57. The molecule has 0 spiro atoms. The smallest absolute Gasteiger partial charge is 0.188 e. The number of hydrogen-bond donors (Lipinski definition) is 2. The number of thiocarbonyl (C=S) groups is 1. The van der Waals surface area contributed by atoms with Crippen molar-refractivity contribution in [1.29, 1.82) is 0 Å². The van der Waals surface area contributed by atoms with E-state index < -0.39 is 0 Å². The molecule has 0 amide bonds. The zero-order valence-electron chi connectivity index (χ0n) is 9.86. The van der Waals surface area contributed by atoms with Crippen LogP contribution in [0.15, 0.2) is 18.2 Å². The molecule has 0 unspecified atom stereocenters. The molecule has 94 valence electrons. The predicted octanol–water partition coefficient (Wildman–Crippen LogP) is 1.01. The first kappa shape index (κ1) is 13.5. The fourth-order valence-electron chi connectivity index (χ4n) is 1.25. The minimum Gasteiger partial charge on any atom is -0.493 e. The van der Waals surface area contributed by atoms with Gasteiger partial charge >= 0.3 is 0 Å². The summed E-state index contributed by atoms with van der Waals surface area (Å²) in [7, 11) is 3.15. The second kappa shape index (κ2) is 6.93. The van der Waals surface area contributed by atoms with Gasteiger partial charge in [-0.2, -0.15) is 0 Å². The van der Waals surface area contributed by atoms with Gasteiger partial charge in [-0.15, -0.1) is 0 Å². The van der Waals surface area contributed by atoms with Gasteiger partial charge in [-0.3, -0.25) is 0 Å². The molecule has 1 aromatic rings. The largest absolute Gasteiger partial charge is 0.493 e. The summed E-state index contributed by atoms with van der Waals surface area (Å²) in [5.41, 5.74) is 6.35. The van der Waals surface area contributed by atoms with Crippen molar-refractivity contribution in [2.45, 2.75) is 6.54 Å². The number of rotatable bonds is 6. The SMILES string of the molecule is COCOc1ccc(CNC(N)=S)cc1OC. The summed E-state index contributed by atoms with van der Waals surface area (Å²) in [4.78, 5) is 0. The first-order chi connectivity index (χ1) is 8.17. The van der Waals surface area contributed by atoms with Crippen molar-refractivity contribution in [1.82, 2.24) is 5.32 Å². The van der Waals surface area contributed by atoms with Crippen LogP contribution >= 0.6 is 12.2 Å². The van der Waals surface area contributed by atoms with Gasteiger partial charge < -0.3 is 25.3 Å². The van der Waals surface area contributed by atoms with Gasteiger partial charge in [-0.25, -0.2) is 0 Å². The molecule has 0 saturated heterocycles. The molecular weight excluding hydrogens is 240 g/mol. The molecule has 17 heavy (non-hydrogen) atoms. The van der Waals surface area contributed by atoms with Crippen LogP contribution in [0.3, 0.4) is 0 Å². The molecule has 0 atom stereocenters. The average Bonchev–Trinajstić information content (AvgIpc) is 2.34. The zero-order chi connectivity index (χ0) is 12.7.